The summed E-state index contributed by atoms with van der Waals surface area (Å²) in [5.74, 6) is 0.621. The van der Waals surface area contributed by atoms with Crippen LogP contribution >= 0.6 is 0 Å². The predicted octanol–water partition coefficient (Wildman–Crippen LogP) is 3.26. The summed E-state index contributed by atoms with van der Waals surface area (Å²) in [5, 5.41) is 19.4. The van der Waals surface area contributed by atoms with Gasteiger partial charge in [-0.1, -0.05) is 12.1 Å². The Kier molecular flexibility index (Phi) is 3.21. The van der Waals surface area contributed by atoms with Crippen LogP contribution in [0.4, 0.5) is 5.69 Å². The fourth-order valence-electron chi connectivity index (χ4n) is 1.42. The van der Waals surface area contributed by atoms with Crippen LogP contribution in [-0.4, -0.2) is 4.92 Å². The van der Waals surface area contributed by atoms with Crippen LogP contribution < -0.4 is 4.74 Å². The summed E-state index contributed by atoms with van der Waals surface area (Å²) in [6, 6.07) is 14.5. The first-order valence-electron chi connectivity index (χ1n) is 5.12. The second kappa shape index (κ2) is 4.97. The zero-order chi connectivity index (χ0) is 13.0. The summed E-state index contributed by atoms with van der Waals surface area (Å²) in [6.07, 6.45) is 0. The zero-order valence-corrected chi connectivity index (χ0v) is 9.24. The first-order valence-corrected chi connectivity index (χ1v) is 5.12. The van der Waals surface area contributed by atoms with E-state index in [2.05, 4.69) is 0 Å². The topological polar surface area (TPSA) is 76.2 Å². The van der Waals surface area contributed by atoms with Gasteiger partial charge in [0.1, 0.15) is 5.75 Å². The molecular formula is C13H8N2O3. The fraction of sp³-hybridized carbons (Fsp3) is 0. The molecule has 5 nitrogen and oxygen atoms in total. The Hall–Kier alpha value is -2.87. The summed E-state index contributed by atoms with van der Waals surface area (Å²) < 4.78 is 5.42. The maximum Gasteiger partial charge on any atom is 0.311 e. The number of nitro benzene ring substituents is 1. The Balaban J connectivity index is 2.28. The van der Waals surface area contributed by atoms with Gasteiger partial charge in [0.15, 0.2) is 0 Å². The van der Waals surface area contributed by atoms with Gasteiger partial charge in [-0.3, -0.25) is 10.1 Å². The molecule has 0 aliphatic rings. The molecule has 0 N–H and O–H groups in total. The van der Waals surface area contributed by atoms with Gasteiger partial charge < -0.3 is 4.74 Å². The van der Waals surface area contributed by atoms with Crippen LogP contribution in [0.25, 0.3) is 0 Å². The normalized spacial score (nSPS) is 9.50. The number of benzene rings is 2. The molecule has 0 aliphatic heterocycles. The predicted molar refractivity (Wildman–Crippen MR) is 64.3 cm³/mol. The van der Waals surface area contributed by atoms with Crippen LogP contribution in [0.2, 0.25) is 0 Å². The van der Waals surface area contributed by atoms with Gasteiger partial charge >= 0.3 is 5.69 Å². The van der Waals surface area contributed by atoms with E-state index in [-0.39, 0.29) is 11.4 Å². The lowest BCUT2D eigenvalue weighted by molar-refractivity contribution is -0.385. The van der Waals surface area contributed by atoms with Crippen molar-refractivity contribution >= 4 is 5.69 Å². The summed E-state index contributed by atoms with van der Waals surface area (Å²) in [6.45, 7) is 0. The summed E-state index contributed by atoms with van der Waals surface area (Å²) in [5.41, 5.74) is 0.409. The Morgan fingerprint density at radius 2 is 1.78 bits per heavy atom. The molecule has 2 aromatic rings. The number of nitro groups is 1. The molecule has 0 amide bonds. The minimum atomic E-state index is -0.501. The van der Waals surface area contributed by atoms with Gasteiger partial charge in [0, 0.05) is 6.07 Å². The van der Waals surface area contributed by atoms with Crippen molar-refractivity contribution in [1.29, 1.82) is 5.26 Å². The first-order chi connectivity index (χ1) is 8.70. The second-order valence-electron chi connectivity index (χ2n) is 3.46. The standard InChI is InChI=1S/C13H8N2O3/c14-9-10-5-7-11(8-6-10)18-13-4-2-1-3-12(13)15(16)17/h1-8H. The van der Waals surface area contributed by atoms with Crippen molar-refractivity contribution in [3.05, 3.63) is 64.2 Å². The molecule has 2 aromatic carbocycles. The number of ether oxygens (including phenoxy) is 1. The van der Waals surface area contributed by atoms with Gasteiger partial charge in [0.05, 0.1) is 16.6 Å². The number of nitriles is 1. The highest BCUT2D eigenvalue weighted by Gasteiger charge is 2.14. The second-order valence-corrected chi connectivity index (χ2v) is 3.46. The third kappa shape index (κ3) is 2.44. The van der Waals surface area contributed by atoms with Crippen LogP contribution in [0.3, 0.4) is 0 Å². The first kappa shape index (κ1) is 11.6. The third-order valence-corrected chi connectivity index (χ3v) is 2.27. The van der Waals surface area contributed by atoms with E-state index in [1.807, 2.05) is 6.07 Å². The lowest BCUT2D eigenvalue weighted by atomic mass is 10.2. The van der Waals surface area contributed by atoms with Gasteiger partial charge in [-0.2, -0.15) is 5.26 Å². The quantitative estimate of drug-likeness (QED) is 0.609. The number of para-hydroxylation sites is 2. The average Bonchev–Trinajstić information content (AvgIpc) is 2.40. The van der Waals surface area contributed by atoms with E-state index in [0.717, 1.165) is 0 Å². The largest absolute Gasteiger partial charge is 0.450 e. The molecule has 0 saturated carbocycles. The number of rotatable bonds is 3. The average molecular weight is 240 g/mol. The van der Waals surface area contributed by atoms with Crippen molar-refractivity contribution in [2.24, 2.45) is 0 Å². The van der Waals surface area contributed by atoms with E-state index in [1.165, 1.54) is 12.1 Å². The Bertz CT molecular complexity index is 615. The van der Waals surface area contributed by atoms with Gasteiger partial charge in [0.25, 0.3) is 0 Å². The van der Waals surface area contributed by atoms with Crippen molar-refractivity contribution in [3.8, 4) is 17.6 Å². The van der Waals surface area contributed by atoms with E-state index >= 15 is 0 Å². The van der Waals surface area contributed by atoms with Gasteiger partial charge in [-0.05, 0) is 30.3 Å². The van der Waals surface area contributed by atoms with Crippen LogP contribution in [0.1, 0.15) is 5.56 Å². The molecule has 0 aromatic heterocycles. The van der Waals surface area contributed by atoms with Crippen molar-refractivity contribution in [2.75, 3.05) is 0 Å². The molecule has 0 fully saturated rings. The van der Waals surface area contributed by atoms with E-state index in [4.69, 9.17) is 10.00 Å². The molecule has 0 atom stereocenters. The fourth-order valence-corrected chi connectivity index (χ4v) is 1.42. The van der Waals surface area contributed by atoms with E-state index < -0.39 is 4.92 Å². The zero-order valence-electron chi connectivity index (χ0n) is 9.24. The summed E-state index contributed by atoms with van der Waals surface area (Å²) in [7, 11) is 0. The van der Waals surface area contributed by atoms with Crippen molar-refractivity contribution in [1.82, 2.24) is 0 Å². The molecule has 88 valence electrons. The van der Waals surface area contributed by atoms with Crippen LogP contribution in [0, 0.1) is 21.4 Å². The smallest absolute Gasteiger partial charge is 0.311 e. The third-order valence-electron chi connectivity index (χ3n) is 2.27. The SMILES string of the molecule is N#Cc1ccc(Oc2ccccc2[N+](=O)[O-])cc1. The van der Waals surface area contributed by atoms with E-state index in [1.54, 1.807) is 36.4 Å². The van der Waals surface area contributed by atoms with Gasteiger partial charge in [-0.15, -0.1) is 0 Å². The van der Waals surface area contributed by atoms with Gasteiger partial charge in [-0.25, -0.2) is 0 Å². The van der Waals surface area contributed by atoms with Gasteiger partial charge in [0.2, 0.25) is 5.75 Å². The van der Waals surface area contributed by atoms with E-state index in [0.29, 0.717) is 11.3 Å². The summed E-state index contributed by atoms with van der Waals surface area (Å²) in [4.78, 5) is 10.3. The maximum atomic E-state index is 10.8. The highest BCUT2D eigenvalue weighted by molar-refractivity contribution is 5.48. The van der Waals surface area contributed by atoms with Crippen molar-refractivity contribution in [2.45, 2.75) is 0 Å². The number of nitrogens with zero attached hydrogens (tertiary/aromatic N) is 2. The number of hydrogen-bond donors (Lipinski definition) is 0. The van der Waals surface area contributed by atoms with Crippen LogP contribution in [0.15, 0.2) is 48.5 Å². The molecule has 0 aliphatic carbocycles. The highest BCUT2D eigenvalue weighted by atomic mass is 16.6. The molecule has 0 saturated heterocycles. The number of hydrogen-bond acceptors (Lipinski definition) is 4. The Labute approximate surface area is 103 Å². The molecule has 0 bridgehead atoms. The van der Waals surface area contributed by atoms with Crippen LogP contribution in [0.5, 0.6) is 11.5 Å². The molecule has 0 spiro atoms. The van der Waals surface area contributed by atoms with Crippen LogP contribution in [-0.2, 0) is 0 Å². The molecule has 5 heteroatoms. The Morgan fingerprint density at radius 1 is 1.11 bits per heavy atom. The molecule has 0 unspecified atom stereocenters. The Morgan fingerprint density at radius 3 is 2.39 bits per heavy atom. The minimum Gasteiger partial charge on any atom is -0.450 e. The molecule has 0 radical (unpaired) electrons. The lowest BCUT2D eigenvalue weighted by Crippen LogP contribution is -1.92. The lowest BCUT2D eigenvalue weighted by Gasteiger charge is -2.05. The summed E-state index contributed by atoms with van der Waals surface area (Å²) >= 11 is 0. The van der Waals surface area contributed by atoms with Crippen molar-refractivity contribution < 1.29 is 9.66 Å². The van der Waals surface area contributed by atoms with E-state index in [9.17, 15) is 10.1 Å². The molecule has 2 rings (SSSR count). The maximum absolute atomic E-state index is 10.8. The van der Waals surface area contributed by atoms with Crippen molar-refractivity contribution in [3.63, 3.8) is 0 Å². The molecule has 18 heavy (non-hydrogen) atoms. The minimum absolute atomic E-state index is 0.0955. The monoisotopic (exact) mass is 240 g/mol. The highest BCUT2D eigenvalue weighted by Crippen LogP contribution is 2.30. The molecule has 0 heterocycles. The molecular weight excluding hydrogens is 232 g/mol.